The van der Waals surface area contributed by atoms with Crippen LogP contribution in [0.2, 0.25) is 0 Å². The van der Waals surface area contributed by atoms with Crippen LogP contribution in [0.5, 0.6) is 0 Å². The molecule has 11 heteroatoms. The van der Waals surface area contributed by atoms with Gasteiger partial charge in [-0.05, 0) is 46.1 Å². The number of nitrogens with zero attached hydrogens (tertiary/aromatic N) is 3. The fourth-order valence-electron chi connectivity index (χ4n) is 4.36. The summed E-state index contributed by atoms with van der Waals surface area (Å²) in [6.45, 7) is 8.28. The van der Waals surface area contributed by atoms with Gasteiger partial charge in [0.15, 0.2) is 9.84 Å². The van der Waals surface area contributed by atoms with Crippen molar-refractivity contribution in [2.24, 2.45) is 0 Å². The van der Waals surface area contributed by atoms with Gasteiger partial charge in [0.2, 0.25) is 5.95 Å². The molecule has 34 heavy (non-hydrogen) atoms. The fourth-order valence-corrected chi connectivity index (χ4v) is 6.54. The summed E-state index contributed by atoms with van der Waals surface area (Å²) in [4.78, 5) is 12.0. The van der Waals surface area contributed by atoms with E-state index in [1.54, 1.807) is 31.7 Å². The molecule has 180 valence electrons. The van der Waals surface area contributed by atoms with Crippen LogP contribution in [0.15, 0.2) is 29.4 Å². The van der Waals surface area contributed by atoms with Crippen LogP contribution >= 0.6 is 7.14 Å². The second-order valence-corrected chi connectivity index (χ2v) is 15.0. The Bertz CT molecular complexity index is 1460. The first-order valence-electron chi connectivity index (χ1n) is 11.0. The van der Waals surface area contributed by atoms with Crippen LogP contribution in [-0.4, -0.2) is 61.1 Å². The van der Waals surface area contributed by atoms with Gasteiger partial charge in [-0.3, -0.25) is 0 Å². The maximum Gasteiger partial charge on any atom is 0.223 e. The lowest BCUT2D eigenvalue weighted by molar-refractivity contribution is 0.289. The number of benzene rings is 1. The van der Waals surface area contributed by atoms with Gasteiger partial charge >= 0.3 is 0 Å². The number of aromatic nitrogens is 3. The molecule has 0 radical (unpaired) electrons. The third kappa shape index (κ3) is 4.74. The predicted octanol–water partition coefficient (Wildman–Crippen LogP) is 3.09. The number of nitriles is 1. The van der Waals surface area contributed by atoms with Gasteiger partial charge < -0.3 is 20.2 Å². The summed E-state index contributed by atoms with van der Waals surface area (Å²) in [7, 11) is -6.44. The molecule has 1 aliphatic rings. The van der Waals surface area contributed by atoms with Crippen molar-refractivity contribution >= 4 is 39.1 Å². The SMILES string of the molecule is CC1(C)CCC(Nc2ncc(S(C)(=O)=O)c(-c3c[nH]c4c(P(C)(C)=O)c(C#N)ccc34)n2)CN1. The predicted molar refractivity (Wildman–Crippen MR) is 135 cm³/mol. The number of hydrogen-bond donors (Lipinski definition) is 3. The number of hydrogen-bond acceptors (Lipinski definition) is 8. The monoisotopic (exact) mass is 500 g/mol. The number of rotatable bonds is 5. The zero-order valence-corrected chi connectivity index (χ0v) is 21.6. The first-order chi connectivity index (χ1) is 15.8. The summed E-state index contributed by atoms with van der Waals surface area (Å²) in [5, 5.41) is 17.5. The van der Waals surface area contributed by atoms with Gasteiger partial charge in [-0.1, -0.05) is 6.07 Å². The van der Waals surface area contributed by atoms with Crippen LogP contribution in [-0.2, 0) is 14.4 Å². The van der Waals surface area contributed by atoms with E-state index < -0.39 is 17.0 Å². The zero-order chi connectivity index (χ0) is 24.9. The normalized spacial score (nSPS) is 18.5. The van der Waals surface area contributed by atoms with Crippen molar-refractivity contribution in [1.29, 1.82) is 5.26 Å². The van der Waals surface area contributed by atoms with Crippen LogP contribution in [0.25, 0.3) is 22.2 Å². The molecule has 0 bridgehead atoms. The molecular weight excluding hydrogens is 471 g/mol. The van der Waals surface area contributed by atoms with E-state index in [9.17, 15) is 18.2 Å². The van der Waals surface area contributed by atoms with Crippen molar-refractivity contribution in [3.05, 3.63) is 30.1 Å². The molecule has 1 fully saturated rings. The molecular formula is C23H29N6O3PS. The van der Waals surface area contributed by atoms with Gasteiger partial charge in [-0.2, -0.15) is 5.26 Å². The Balaban J connectivity index is 1.84. The van der Waals surface area contributed by atoms with E-state index in [-0.39, 0.29) is 22.2 Å². The van der Waals surface area contributed by atoms with E-state index >= 15 is 0 Å². The molecule has 3 aromatic rings. The maximum atomic E-state index is 13.0. The number of fused-ring (bicyclic) bond motifs is 1. The Labute approximate surface area is 199 Å². The van der Waals surface area contributed by atoms with Crippen LogP contribution in [0.1, 0.15) is 32.3 Å². The van der Waals surface area contributed by atoms with Gasteiger partial charge in [0, 0.05) is 41.5 Å². The molecule has 2 aromatic heterocycles. The molecule has 3 heterocycles. The van der Waals surface area contributed by atoms with Crippen molar-refractivity contribution < 1.29 is 13.0 Å². The summed E-state index contributed by atoms with van der Waals surface area (Å²) in [5.74, 6) is 0.341. The van der Waals surface area contributed by atoms with E-state index in [4.69, 9.17) is 0 Å². The van der Waals surface area contributed by atoms with Crippen LogP contribution in [0.4, 0.5) is 5.95 Å². The highest BCUT2D eigenvalue weighted by Crippen LogP contribution is 2.41. The fraction of sp³-hybridized carbons (Fsp3) is 0.435. The molecule has 0 saturated carbocycles. The second kappa shape index (κ2) is 8.49. The topological polar surface area (TPSA) is 141 Å². The summed E-state index contributed by atoms with van der Waals surface area (Å²) in [5.41, 5.74) is 1.76. The summed E-state index contributed by atoms with van der Waals surface area (Å²) < 4.78 is 38.1. The standard InChI is InChI=1S/C23H29N6O3PS/c1-23(2)9-8-15(11-27-23)28-22-26-13-18(34(5,31)32)19(29-22)17-12-25-20-16(17)7-6-14(10-24)21(20)33(3,4)30/h6-7,12-13,15,25,27H,8-9,11H2,1-5H3,(H,26,28,29). The minimum absolute atomic E-state index is 0.00365. The first kappa shape index (κ1) is 24.4. The molecule has 1 unspecified atom stereocenters. The summed E-state index contributed by atoms with van der Waals surface area (Å²) in [6, 6.07) is 5.57. The number of sulfone groups is 1. The summed E-state index contributed by atoms with van der Waals surface area (Å²) in [6.07, 6.45) is 6.02. The molecule has 3 N–H and O–H groups in total. The van der Waals surface area contributed by atoms with Gasteiger partial charge in [0.1, 0.15) is 12.0 Å². The Morgan fingerprint density at radius 3 is 2.62 bits per heavy atom. The third-order valence-corrected chi connectivity index (χ3v) is 8.81. The molecule has 1 atom stereocenters. The highest BCUT2D eigenvalue weighted by molar-refractivity contribution is 7.90. The highest BCUT2D eigenvalue weighted by atomic mass is 32.2. The Morgan fingerprint density at radius 2 is 2.03 bits per heavy atom. The van der Waals surface area contributed by atoms with Crippen LogP contribution in [0.3, 0.4) is 0 Å². The van der Waals surface area contributed by atoms with E-state index in [1.165, 1.54) is 6.20 Å². The molecule has 0 amide bonds. The zero-order valence-electron chi connectivity index (χ0n) is 19.9. The molecule has 4 rings (SSSR count). The van der Waals surface area contributed by atoms with Crippen LogP contribution < -0.4 is 15.9 Å². The van der Waals surface area contributed by atoms with E-state index in [2.05, 4.69) is 45.5 Å². The average Bonchev–Trinajstić information content (AvgIpc) is 3.16. The van der Waals surface area contributed by atoms with Gasteiger partial charge in [0.25, 0.3) is 0 Å². The minimum Gasteiger partial charge on any atom is -0.360 e. The molecule has 1 aromatic carbocycles. The van der Waals surface area contributed by atoms with Gasteiger partial charge in [-0.15, -0.1) is 0 Å². The highest BCUT2D eigenvalue weighted by Gasteiger charge is 2.28. The second-order valence-electron chi connectivity index (χ2n) is 9.87. The lowest BCUT2D eigenvalue weighted by atomic mass is 9.91. The Morgan fingerprint density at radius 1 is 1.29 bits per heavy atom. The number of aromatic amines is 1. The number of nitrogens with one attached hydrogen (secondary N) is 3. The number of piperidine rings is 1. The Kier molecular flexibility index (Phi) is 6.09. The van der Waals surface area contributed by atoms with E-state index in [0.717, 1.165) is 25.6 Å². The minimum atomic E-state index is -3.63. The largest absolute Gasteiger partial charge is 0.360 e. The van der Waals surface area contributed by atoms with Crippen molar-refractivity contribution in [3.8, 4) is 17.3 Å². The first-order valence-corrected chi connectivity index (χ1v) is 15.5. The van der Waals surface area contributed by atoms with Crippen molar-refractivity contribution in [2.45, 2.75) is 43.2 Å². The average molecular weight is 501 g/mol. The van der Waals surface area contributed by atoms with Gasteiger partial charge in [0.05, 0.1) is 34.3 Å². The maximum absolute atomic E-state index is 13.0. The lowest BCUT2D eigenvalue weighted by Crippen LogP contribution is -2.50. The molecule has 1 aliphatic heterocycles. The van der Waals surface area contributed by atoms with Crippen LogP contribution in [0, 0.1) is 11.3 Å². The summed E-state index contributed by atoms with van der Waals surface area (Å²) >= 11 is 0. The Hall–Kier alpha value is -2.73. The van der Waals surface area contributed by atoms with E-state index in [1.807, 2.05) is 0 Å². The molecule has 0 aliphatic carbocycles. The smallest absolute Gasteiger partial charge is 0.223 e. The van der Waals surface area contributed by atoms with Crippen molar-refractivity contribution in [2.75, 3.05) is 31.4 Å². The van der Waals surface area contributed by atoms with Gasteiger partial charge in [-0.25, -0.2) is 18.4 Å². The molecule has 1 saturated heterocycles. The van der Waals surface area contributed by atoms with Crippen molar-refractivity contribution in [1.82, 2.24) is 20.3 Å². The number of H-pyrrole nitrogens is 1. The number of anilines is 1. The lowest BCUT2D eigenvalue weighted by Gasteiger charge is -2.36. The quantitative estimate of drug-likeness (QED) is 0.454. The van der Waals surface area contributed by atoms with E-state index in [0.29, 0.717) is 33.3 Å². The molecule has 9 nitrogen and oxygen atoms in total. The van der Waals surface area contributed by atoms with Crippen molar-refractivity contribution in [3.63, 3.8) is 0 Å². The third-order valence-electron chi connectivity index (χ3n) is 6.18. The molecule has 0 spiro atoms.